The topological polar surface area (TPSA) is 78.5 Å². The summed E-state index contributed by atoms with van der Waals surface area (Å²) in [6.45, 7) is 8.96. The molecule has 0 radical (unpaired) electrons. The van der Waals surface area contributed by atoms with Gasteiger partial charge in [0.1, 0.15) is 6.04 Å². The highest BCUT2D eigenvalue weighted by Gasteiger charge is 2.35. The zero-order valence-corrected chi connectivity index (χ0v) is 13.5. The Morgan fingerprint density at radius 1 is 1.19 bits per heavy atom. The molecule has 120 valence electrons. The van der Waals surface area contributed by atoms with Gasteiger partial charge in [-0.3, -0.25) is 14.4 Å². The van der Waals surface area contributed by atoms with Crippen LogP contribution in [0.5, 0.6) is 0 Å². The molecule has 1 rings (SSSR count). The van der Waals surface area contributed by atoms with Crippen molar-refractivity contribution in [3.05, 3.63) is 0 Å². The molecule has 0 bridgehead atoms. The minimum Gasteiger partial charge on any atom is -0.355 e. The van der Waals surface area contributed by atoms with Crippen molar-refractivity contribution in [2.45, 2.75) is 53.0 Å². The SMILES string of the molecule is CCNC(=O)CNC(=O)C1CCCN1C(=O)CC(C)(C)C. The highest BCUT2D eigenvalue weighted by atomic mass is 16.2. The Kier molecular flexibility index (Phi) is 6.18. The smallest absolute Gasteiger partial charge is 0.243 e. The van der Waals surface area contributed by atoms with Gasteiger partial charge in [0.05, 0.1) is 6.54 Å². The standard InChI is InChI=1S/C15H27N3O3/c1-5-16-12(19)10-17-14(21)11-7-6-8-18(11)13(20)9-15(2,3)4/h11H,5-10H2,1-4H3,(H,16,19)(H,17,21). The second-order valence-corrected chi connectivity index (χ2v) is 6.65. The van der Waals surface area contributed by atoms with Crippen LogP contribution in [0.15, 0.2) is 0 Å². The first-order valence-corrected chi connectivity index (χ1v) is 7.58. The molecule has 1 atom stereocenters. The summed E-state index contributed by atoms with van der Waals surface area (Å²) < 4.78 is 0. The second-order valence-electron chi connectivity index (χ2n) is 6.65. The molecule has 6 nitrogen and oxygen atoms in total. The lowest BCUT2D eigenvalue weighted by atomic mass is 9.91. The van der Waals surface area contributed by atoms with Crippen molar-refractivity contribution in [1.82, 2.24) is 15.5 Å². The van der Waals surface area contributed by atoms with E-state index in [0.29, 0.717) is 25.9 Å². The first-order chi connectivity index (χ1) is 9.74. The van der Waals surface area contributed by atoms with Gasteiger partial charge in [0, 0.05) is 19.5 Å². The first kappa shape index (κ1) is 17.5. The van der Waals surface area contributed by atoms with Crippen molar-refractivity contribution >= 4 is 17.7 Å². The molecule has 3 amide bonds. The van der Waals surface area contributed by atoms with Crippen LogP contribution in [0.2, 0.25) is 0 Å². The third-order valence-electron chi connectivity index (χ3n) is 3.35. The van der Waals surface area contributed by atoms with Crippen molar-refractivity contribution in [2.24, 2.45) is 5.41 Å². The van der Waals surface area contributed by atoms with E-state index in [2.05, 4.69) is 10.6 Å². The van der Waals surface area contributed by atoms with Gasteiger partial charge in [-0.15, -0.1) is 0 Å². The van der Waals surface area contributed by atoms with Crippen molar-refractivity contribution in [3.8, 4) is 0 Å². The Balaban J connectivity index is 2.54. The van der Waals surface area contributed by atoms with Crippen LogP contribution in [0, 0.1) is 5.41 Å². The molecule has 1 saturated heterocycles. The van der Waals surface area contributed by atoms with Gasteiger partial charge in [0.25, 0.3) is 0 Å². The number of nitrogens with zero attached hydrogens (tertiary/aromatic N) is 1. The highest BCUT2D eigenvalue weighted by molar-refractivity contribution is 5.91. The maximum absolute atomic E-state index is 12.3. The summed E-state index contributed by atoms with van der Waals surface area (Å²) >= 11 is 0. The maximum atomic E-state index is 12.3. The predicted molar refractivity (Wildman–Crippen MR) is 80.5 cm³/mol. The Hall–Kier alpha value is -1.59. The van der Waals surface area contributed by atoms with Gasteiger partial charge >= 0.3 is 0 Å². The molecule has 1 heterocycles. The highest BCUT2D eigenvalue weighted by Crippen LogP contribution is 2.24. The first-order valence-electron chi connectivity index (χ1n) is 7.58. The molecule has 0 spiro atoms. The van der Waals surface area contributed by atoms with Gasteiger partial charge in [0.2, 0.25) is 17.7 Å². The van der Waals surface area contributed by atoms with Crippen molar-refractivity contribution in [3.63, 3.8) is 0 Å². The summed E-state index contributed by atoms with van der Waals surface area (Å²) in [6.07, 6.45) is 1.92. The molecule has 0 aliphatic carbocycles. The summed E-state index contributed by atoms with van der Waals surface area (Å²) in [7, 11) is 0. The molecular weight excluding hydrogens is 270 g/mol. The van der Waals surface area contributed by atoms with E-state index in [4.69, 9.17) is 0 Å². The molecule has 1 unspecified atom stereocenters. The molecule has 21 heavy (non-hydrogen) atoms. The lowest BCUT2D eigenvalue weighted by Gasteiger charge is -2.27. The van der Waals surface area contributed by atoms with E-state index >= 15 is 0 Å². The maximum Gasteiger partial charge on any atom is 0.243 e. The van der Waals surface area contributed by atoms with Gasteiger partial charge in [-0.25, -0.2) is 0 Å². The summed E-state index contributed by atoms with van der Waals surface area (Å²) in [4.78, 5) is 37.4. The van der Waals surface area contributed by atoms with Crippen LogP contribution in [0.3, 0.4) is 0 Å². The van der Waals surface area contributed by atoms with E-state index in [9.17, 15) is 14.4 Å². The monoisotopic (exact) mass is 297 g/mol. The fraction of sp³-hybridized carbons (Fsp3) is 0.800. The molecule has 0 aromatic rings. The number of likely N-dealkylation sites (tertiary alicyclic amines) is 1. The van der Waals surface area contributed by atoms with Gasteiger partial charge in [-0.05, 0) is 25.2 Å². The van der Waals surface area contributed by atoms with E-state index in [1.54, 1.807) is 4.90 Å². The van der Waals surface area contributed by atoms with Crippen LogP contribution in [0.1, 0.15) is 47.0 Å². The predicted octanol–water partition coefficient (Wildman–Crippen LogP) is 0.666. The van der Waals surface area contributed by atoms with Gasteiger partial charge in [-0.1, -0.05) is 20.8 Å². The van der Waals surface area contributed by atoms with E-state index in [0.717, 1.165) is 6.42 Å². The fourth-order valence-electron chi connectivity index (χ4n) is 2.44. The van der Waals surface area contributed by atoms with Crippen LogP contribution in [-0.4, -0.2) is 48.3 Å². The molecule has 0 aromatic heterocycles. The van der Waals surface area contributed by atoms with Gasteiger partial charge in [0.15, 0.2) is 0 Å². The van der Waals surface area contributed by atoms with Crippen LogP contribution in [0.4, 0.5) is 0 Å². The van der Waals surface area contributed by atoms with E-state index in [1.807, 2.05) is 27.7 Å². The van der Waals surface area contributed by atoms with Gasteiger partial charge in [-0.2, -0.15) is 0 Å². The Morgan fingerprint density at radius 3 is 2.43 bits per heavy atom. The zero-order valence-electron chi connectivity index (χ0n) is 13.5. The Morgan fingerprint density at radius 2 is 1.86 bits per heavy atom. The van der Waals surface area contributed by atoms with Crippen LogP contribution in [0.25, 0.3) is 0 Å². The largest absolute Gasteiger partial charge is 0.355 e. The average molecular weight is 297 g/mol. The van der Waals surface area contributed by atoms with E-state index in [1.165, 1.54) is 0 Å². The number of rotatable bonds is 5. The summed E-state index contributed by atoms with van der Waals surface area (Å²) in [5.74, 6) is -0.435. The average Bonchev–Trinajstić information content (AvgIpc) is 2.83. The van der Waals surface area contributed by atoms with Crippen molar-refractivity contribution in [2.75, 3.05) is 19.6 Å². The molecule has 0 saturated carbocycles. The molecule has 2 N–H and O–H groups in total. The molecule has 1 aliphatic heterocycles. The zero-order chi connectivity index (χ0) is 16.0. The summed E-state index contributed by atoms with van der Waals surface area (Å²) in [5, 5.41) is 5.23. The van der Waals surface area contributed by atoms with E-state index in [-0.39, 0.29) is 29.7 Å². The quantitative estimate of drug-likeness (QED) is 0.782. The molecule has 6 heteroatoms. The number of likely N-dealkylation sites (N-methyl/N-ethyl adjacent to an activating group) is 1. The summed E-state index contributed by atoms with van der Waals surface area (Å²) in [6, 6.07) is -0.436. The Bertz CT molecular complexity index is 401. The molecule has 0 aromatic carbocycles. The lowest BCUT2D eigenvalue weighted by molar-refractivity contribution is -0.140. The lowest BCUT2D eigenvalue weighted by Crippen LogP contribution is -2.48. The number of hydrogen-bond acceptors (Lipinski definition) is 3. The number of nitrogens with one attached hydrogen (secondary N) is 2. The normalized spacial score (nSPS) is 18.5. The van der Waals surface area contributed by atoms with Crippen LogP contribution < -0.4 is 10.6 Å². The van der Waals surface area contributed by atoms with Crippen LogP contribution >= 0.6 is 0 Å². The fourth-order valence-corrected chi connectivity index (χ4v) is 2.44. The molecule has 1 aliphatic rings. The minimum absolute atomic E-state index is 0.0122. The van der Waals surface area contributed by atoms with Crippen molar-refractivity contribution in [1.29, 1.82) is 0 Å². The van der Waals surface area contributed by atoms with E-state index < -0.39 is 6.04 Å². The minimum atomic E-state index is -0.436. The van der Waals surface area contributed by atoms with Crippen molar-refractivity contribution < 1.29 is 14.4 Å². The second kappa shape index (κ2) is 7.43. The van der Waals surface area contributed by atoms with Crippen LogP contribution in [-0.2, 0) is 14.4 Å². The van der Waals surface area contributed by atoms with Gasteiger partial charge < -0.3 is 15.5 Å². The third kappa shape index (κ3) is 5.73. The number of carbonyl (C=O) groups excluding carboxylic acids is 3. The molecular formula is C15H27N3O3. The number of carbonyl (C=O) groups is 3. The summed E-state index contributed by atoms with van der Waals surface area (Å²) in [5.41, 5.74) is -0.0955. The number of amides is 3. The molecule has 1 fully saturated rings. The number of hydrogen-bond donors (Lipinski definition) is 2. The third-order valence-corrected chi connectivity index (χ3v) is 3.35. The Labute approximate surface area is 126 Å².